The number of carbonyl (C=O) groups is 1. The Morgan fingerprint density at radius 1 is 1.09 bits per heavy atom. The summed E-state index contributed by atoms with van der Waals surface area (Å²) in [4.78, 5) is 12.3. The van der Waals surface area contributed by atoms with Crippen molar-refractivity contribution in [2.24, 2.45) is 11.8 Å². The first-order chi connectivity index (χ1) is 10.3. The van der Waals surface area contributed by atoms with E-state index in [0.717, 1.165) is 0 Å². The van der Waals surface area contributed by atoms with E-state index in [1.807, 2.05) is 34.6 Å². The van der Waals surface area contributed by atoms with Gasteiger partial charge in [-0.2, -0.15) is 0 Å². The number of benzene rings is 1. The third-order valence-corrected chi connectivity index (χ3v) is 5.59. The van der Waals surface area contributed by atoms with Gasteiger partial charge in [0.15, 0.2) is 0 Å². The molecular weight excluding hydrogens is 299 g/mol. The molecular formula is C17H27O4P. The van der Waals surface area contributed by atoms with E-state index in [9.17, 15) is 9.36 Å². The highest BCUT2D eigenvalue weighted by Crippen LogP contribution is 2.46. The molecule has 0 N–H and O–H groups in total. The third kappa shape index (κ3) is 5.26. The number of esters is 1. The predicted molar refractivity (Wildman–Crippen MR) is 90.1 cm³/mol. The highest BCUT2D eigenvalue weighted by Gasteiger charge is 2.29. The van der Waals surface area contributed by atoms with Gasteiger partial charge in [0.25, 0.3) is 0 Å². The van der Waals surface area contributed by atoms with Crippen LogP contribution in [0, 0.1) is 11.8 Å². The Labute approximate surface area is 133 Å². The van der Waals surface area contributed by atoms with Crippen molar-refractivity contribution in [3.63, 3.8) is 0 Å². The van der Waals surface area contributed by atoms with Crippen LogP contribution in [0.2, 0.25) is 0 Å². The quantitative estimate of drug-likeness (QED) is 0.533. The minimum Gasteiger partial charge on any atom is -0.462 e. The van der Waals surface area contributed by atoms with Crippen molar-refractivity contribution in [2.45, 2.75) is 34.6 Å². The fourth-order valence-corrected chi connectivity index (χ4v) is 3.91. The summed E-state index contributed by atoms with van der Waals surface area (Å²) in [5.41, 5.74) is 0.345. The topological polar surface area (TPSA) is 52.6 Å². The second-order valence-electron chi connectivity index (χ2n) is 6.19. The lowest BCUT2D eigenvalue weighted by Gasteiger charge is -2.21. The van der Waals surface area contributed by atoms with Crippen molar-refractivity contribution in [3.8, 4) is 0 Å². The molecule has 0 heterocycles. The largest absolute Gasteiger partial charge is 0.462 e. The molecule has 0 bridgehead atoms. The van der Waals surface area contributed by atoms with E-state index in [4.69, 9.17) is 9.26 Å². The molecule has 0 saturated heterocycles. The van der Waals surface area contributed by atoms with Gasteiger partial charge in [-0.05, 0) is 24.0 Å². The van der Waals surface area contributed by atoms with Crippen LogP contribution >= 0.6 is 7.37 Å². The van der Waals surface area contributed by atoms with E-state index < -0.39 is 13.3 Å². The molecule has 1 aromatic rings. The minimum atomic E-state index is -3.05. The molecule has 0 saturated carbocycles. The standard InChI is InChI=1S/C17H27O4P/c1-6-22(19,21-12-14(4)5)16-10-8-7-9-15(16)17(18)20-11-13(2)3/h7-10,13-14H,6,11-12H2,1-5H3. The summed E-state index contributed by atoms with van der Waals surface area (Å²) in [6.45, 7) is 10.5. The SMILES string of the molecule is CCP(=O)(OCC(C)C)c1ccccc1C(=O)OCC(C)C. The molecule has 0 radical (unpaired) electrons. The number of hydrogen-bond acceptors (Lipinski definition) is 4. The molecule has 5 heteroatoms. The zero-order valence-electron chi connectivity index (χ0n) is 14.2. The Balaban J connectivity index is 3.07. The second-order valence-corrected chi connectivity index (χ2v) is 8.91. The van der Waals surface area contributed by atoms with Crippen molar-refractivity contribution in [1.29, 1.82) is 0 Å². The van der Waals surface area contributed by atoms with E-state index in [2.05, 4.69) is 0 Å². The molecule has 4 nitrogen and oxygen atoms in total. The van der Waals surface area contributed by atoms with E-state index >= 15 is 0 Å². The molecule has 1 unspecified atom stereocenters. The first-order valence-corrected chi connectivity index (χ1v) is 9.61. The van der Waals surface area contributed by atoms with Crippen molar-refractivity contribution < 1.29 is 18.6 Å². The molecule has 0 spiro atoms. The van der Waals surface area contributed by atoms with Crippen molar-refractivity contribution >= 4 is 18.6 Å². The van der Waals surface area contributed by atoms with Crippen molar-refractivity contribution in [2.75, 3.05) is 19.4 Å². The van der Waals surface area contributed by atoms with Crippen molar-refractivity contribution in [3.05, 3.63) is 29.8 Å². The average Bonchev–Trinajstić information content (AvgIpc) is 2.50. The van der Waals surface area contributed by atoms with Crippen LogP contribution < -0.4 is 5.30 Å². The third-order valence-electron chi connectivity index (χ3n) is 3.07. The Morgan fingerprint density at radius 2 is 1.68 bits per heavy atom. The molecule has 22 heavy (non-hydrogen) atoms. The first-order valence-electron chi connectivity index (χ1n) is 7.80. The van der Waals surface area contributed by atoms with Crippen LogP contribution in [0.25, 0.3) is 0 Å². The summed E-state index contributed by atoms with van der Waals surface area (Å²) in [6, 6.07) is 6.88. The van der Waals surface area contributed by atoms with Gasteiger partial charge in [0.05, 0.1) is 24.1 Å². The van der Waals surface area contributed by atoms with Gasteiger partial charge in [0, 0.05) is 6.16 Å². The van der Waals surface area contributed by atoms with Crippen LogP contribution in [0.15, 0.2) is 24.3 Å². The Hall–Kier alpha value is -1.12. The smallest absolute Gasteiger partial charge is 0.338 e. The summed E-state index contributed by atoms with van der Waals surface area (Å²) in [5.74, 6) is 0.0948. The minimum absolute atomic E-state index is 0.256. The molecule has 0 amide bonds. The molecule has 1 atom stereocenters. The zero-order chi connectivity index (χ0) is 16.8. The van der Waals surface area contributed by atoms with Crippen LogP contribution in [0.4, 0.5) is 0 Å². The first kappa shape index (κ1) is 18.9. The van der Waals surface area contributed by atoms with Gasteiger partial charge in [-0.3, -0.25) is 4.57 Å². The zero-order valence-corrected chi connectivity index (χ0v) is 15.1. The van der Waals surface area contributed by atoms with Crippen LogP contribution in [0.1, 0.15) is 45.0 Å². The summed E-state index contributed by atoms with van der Waals surface area (Å²) in [7, 11) is -3.05. The van der Waals surface area contributed by atoms with Gasteiger partial charge in [-0.15, -0.1) is 0 Å². The Bertz CT molecular complexity index is 537. The predicted octanol–water partition coefficient (Wildman–Crippen LogP) is 4.10. The molecule has 0 aromatic heterocycles. The van der Waals surface area contributed by atoms with E-state index in [1.165, 1.54) is 0 Å². The number of carbonyl (C=O) groups excluding carboxylic acids is 1. The van der Waals surface area contributed by atoms with Crippen LogP contribution in [0.5, 0.6) is 0 Å². The average molecular weight is 326 g/mol. The van der Waals surface area contributed by atoms with E-state index in [0.29, 0.717) is 30.2 Å². The molecule has 0 aliphatic rings. The van der Waals surface area contributed by atoms with Crippen LogP contribution in [0.3, 0.4) is 0 Å². The number of hydrogen-bond donors (Lipinski definition) is 0. The molecule has 1 aromatic carbocycles. The van der Waals surface area contributed by atoms with Crippen molar-refractivity contribution in [1.82, 2.24) is 0 Å². The Kier molecular flexibility index (Phi) is 7.31. The molecule has 0 aliphatic heterocycles. The molecule has 1 rings (SSSR count). The van der Waals surface area contributed by atoms with Gasteiger partial charge >= 0.3 is 5.97 Å². The lowest BCUT2D eigenvalue weighted by Crippen LogP contribution is -2.22. The molecule has 0 aliphatic carbocycles. The monoisotopic (exact) mass is 326 g/mol. The lowest BCUT2D eigenvalue weighted by atomic mass is 10.2. The maximum Gasteiger partial charge on any atom is 0.338 e. The van der Waals surface area contributed by atoms with Crippen LogP contribution in [-0.4, -0.2) is 25.3 Å². The lowest BCUT2D eigenvalue weighted by molar-refractivity contribution is 0.0460. The van der Waals surface area contributed by atoms with Gasteiger partial charge in [-0.25, -0.2) is 4.79 Å². The molecule has 124 valence electrons. The number of rotatable bonds is 8. The summed E-state index contributed by atoms with van der Waals surface area (Å²) >= 11 is 0. The van der Waals surface area contributed by atoms with Crippen LogP contribution in [-0.2, 0) is 13.8 Å². The maximum atomic E-state index is 13.1. The normalized spacial score (nSPS) is 14.1. The highest BCUT2D eigenvalue weighted by molar-refractivity contribution is 7.67. The van der Waals surface area contributed by atoms with Gasteiger partial charge in [0.2, 0.25) is 7.37 Å². The highest BCUT2D eigenvalue weighted by atomic mass is 31.2. The van der Waals surface area contributed by atoms with E-state index in [-0.39, 0.29) is 11.8 Å². The van der Waals surface area contributed by atoms with E-state index in [1.54, 1.807) is 24.3 Å². The fourth-order valence-electron chi connectivity index (χ4n) is 1.86. The summed E-state index contributed by atoms with van der Waals surface area (Å²) < 4.78 is 24.1. The summed E-state index contributed by atoms with van der Waals surface area (Å²) in [6.07, 6.45) is 0.355. The van der Waals surface area contributed by atoms with Gasteiger partial charge < -0.3 is 9.26 Å². The molecule has 0 fully saturated rings. The maximum absolute atomic E-state index is 13.1. The number of ether oxygens (including phenoxy) is 1. The second kappa shape index (κ2) is 8.50. The fraction of sp³-hybridized carbons (Fsp3) is 0.588. The Morgan fingerprint density at radius 3 is 2.23 bits per heavy atom. The van der Waals surface area contributed by atoms with Gasteiger partial charge in [0.1, 0.15) is 0 Å². The summed E-state index contributed by atoms with van der Waals surface area (Å²) in [5, 5.41) is 0.465. The van der Waals surface area contributed by atoms with Gasteiger partial charge in [-0.1, -0.05) is 46.8 Å².